The van der Waals surface area contributed by atoms with Crippen molar-refractivity contribution in [2.24, 2.45) is 0 Å². The molecule has 2 aromatic rings. The minimum atomic E-state index is -3.24. The summed E-state index contributed by atoms with van der Waals surface area (Å²) < 4.78 is 25.5. The highest BCUT2D eigenvalue weighted by atomic mass is 32.2. The SMILES string of the molecule is C[C@H]1Cc2cc(-c3csc(NC4CC4)n3)ccc2N1S(C)(=O)=O. The fourth-order valence-corrected chi connectivity index (χ4v) is 5.20. The summed E-state index contributed by atoms with van der Waals surface area (Å²) in [7, 11) is -3.24. The molecule has 4 rings (SSSR count). The van der Waals surface area contributed by atoms with Crippen molar-refractivity contribution >= 4 is 32.2 Å². The van der Waals surface area contributed by atoms with Crippen LogP contribution in [0.1, 0.15) is 25.3 Å². The van der Waals surface area contributed by atoms with Crippen molar-refractivity contribution in [1.29, 1.82) is 0 Å². The average Bonchev–Trinajstić information content (AvgIpc) is 3.03. The van der Waals surface area contributed by atoms with Crippen LogP contribution >= 0.6 is 11.3 Å². The van der Waals surface area contributed by atoms with E-state index in [1.807, 2.05) is 19.1 Å². The van der Waals surface area contributed by atoms with E-state index in [4.69, 9.17) is 0 Å². The van der Waals surface area contributed by atoms with Gasteiger partial charge < -0.3 is 5.32 Å². The van der Waals surface area contributed by atoms with E-state index in [9.17, 15) is 8.42 Å². The van der Waals surface area contributed by atoms with E-state index >= 15 is 0 Å². The lowest BCUT2D eigenvalue weighted by molar-refractivity contribution is 0.590. The van der Waals surface area contributed by atoms with Gasteiger partial charge >= 0.3 is 0 Å². The average molecular weight is 349 g/mol. The Morgan fingerprint density at radius 3 is 2.83 bits per heavy atom. The number of rotatable bonds is 4. The normalized spacial score (nSPS) is 20.6. The van der Waals surface area contributed by atoms with E-state index in [-0.39, 0.29) is 6.04 Å². The number of fused-ring (bicyclic) bond motifs is 1. The van der Waals surface area contributed by atoms with Gasteiger partial charge in [0.05, 0.1) is 17.6 Å². The lowest BCUT2D eigenvalue weighted by atomic mass is 10.1. The Morgan fingerprint density at radius 2 is 2.13 bits per heavy atom. The first kappa shape index (κ1) is 15.0. The van der Waals surface area contributed by atoms with E-state index in [0.717, 1.165) is 34.1 Å². The third-order valence-electron chi connectivity index (χ3n) is 4.29. The minimum Gasteiger partial charge on any atom is -0.359 e. The highest BCUT2D eigenvalue weighted by Gasteiger charge is 2.32. The van der Waals surface area contributed by atoms with Gasteiger partial charge in [0.2, 0.25) is 10.0 Å². The number of benzene rings is 1. The van der Waals surface area contributed by atoms with E-state index in [2.05, 4.69) is 21.7 Å². The van der Waals surface area contributed by atoms with Crippen LogP contribution in [0, 0.1) is 0 Å². The Balaban J connectivity index is 1.65. The topological polar surface area (TPSA) is 62.3 Å². The van der Waals surface area contributed by atoms with Crippen molar-refractivity contribution in [3.05, 3.63) is 29.1 Å². The van der Waals surface area contributed by atoms with Crippen LogP contribution in [0.5, 0.6) is 0 Å². The first-order valence-electron chi connectivity index (χ1n) is 7.76. The minimum absolute atomic E-state index is 0.0298. The molecule has 2 aliphatic rings. The monoisotopic (exact) mass is 349 g/mol. The van der Waals surface area contributed by atoms with Gasteiger partial charge in [-0.2, -0.15) is 0 Å². The number of sulfonamides is 1. The summed E-state index contributed by atoms with van der Waals surface area (Å²) in [6.07, 6.45) is 4.47. The van der Waals surface area contributed by atoms with Crippen molar-refractivity contribution in [1.82, 2.24) is 4.98 Å². The molecule has 1 aromatic carbocycles. The third-order valence-corrected chi connectivity index (χ3v) is 6.34. The Kier molecular flexibility index (Phi) is 3.39. The summed E-state index contributed by atoms with van der Waals surface area (Å²) in [6, 6.07) is 6.51. The van der Waals surface area contributed by atoms with Crippen LogP contribution in [-0.4, -0.2) is 31.7 Å². The quantitative estimate of drug-likeness (QED) is 0.921. The standard InChI is InChI=1S/C16H19N3O2S2/c1-10-7-12-8-11(3-6-15(12)19(10)23(2,20)21)14-9-22-16(18-14)17-13-4-5-13/h3,6,8-10,13H,4-5,7H2,1-2H3,(H,17,18)/t10-/m0/s1. The van der Waals surface area contributed by atoms with Gasteiger partial charge in [-0.05, 0) is 43.9 Å². The maximum Gasteiger partial charge on any atom is 0.232 e. The molecule has 1 aliphatic heterocycles. The zero-order valence-corrected chi connectivity index (χ0v) is 14.7. The van der Waals surface area contributed by atoms with Crippen molar-refractivity contribution in [3.8, 4) is 11.3 Å². The molecule has 122 valence electrons. The van der Waals surface area contributed by atoms with Crippen LogP contribution < -0.4 is 9.62 Å². The molecule has 1 fully saturated rings. The van der Waals surface area contributed by atoms with Crippen LogP contribution in [0.3, 0.4) is 0 Å². The number of anilines is 2. The van der Waals surface area contributed by atoms with Gasteiger partial charge in [0.25, 0.3) is 0 Å². The Labute approximate surface area is 140 Å². The van der Waals surface area contributed by atoms with Gasteiger partial charge in [-0.1, -0.05) is 6.07 Å². The van der Waals surface area contributed by atoms with Crippen LogP contribution in [0.25, 0.3) is 11.3 Å². The van der Waals surface area contributed by atoms with Crippen LogP contribution in [0.15, 0.2) is 23.6 Å². The van der Waals surface area contributed by atoms with Gasteiger partial charge in [0, 0.05) is 23.0 Å². The number of nitrogens with one attached hydrogen (secondary N) is 1. The Hall–Kier alpha value is -1.60. The van der Waals surface area contributed by atoms with E-state index in [1.54, 1.807) is 11.3 Å². The van der Waals surface area contributed by atoms with Crippen molar-refractivity contribution in [3.63, 3.8) is 0 Å². The second-order valence-electron chi connectivity index (χ2n) is 6.41. The molecular formula is C16H19N3O2S2. The highest BCUT2D eigenvalue weighted by Crippen LogP contribution is 2.37. The number of nitrogens with zero attached hydrogens (tertiary/aromatic N) is 2. The lowest BCUT2D eigenvalue weighted by Gasteiger charge is -2.21. The number of hydrogen-bond acceptors (Lipinski definition) is 5. The Morgan fingerprint density at radius 1 is 1.35 bits per heavy atom. The molecule has 0 bridgehead atoms. The Bertz CT molecular complexity index is 856. The molecular weight excluding hydrogens is 330 g/mol. The summed E-state index contributed by atoms with van der Waals surface area (Å²) in [5.74, 6) is 0. The van der Waals surface area contributed by atoms with E-state index < -0.39 is 10.0 Å². The number of thiazole rings is 1. The summed E-state index contributed by atoms with van der Waals surface area (Å²) in [4.78, 5) is 4.65. The summed E-state index contributed by atoms with van der Waals surface area (Å²) in [5.41, 5.74) is 3.87. The largest absolute Gasteiger partial charge is 0.359 e. The predicted molar refractivity (Wildman–Crippen MR) is 94.7 cm³/mol. The number of aromatic nitrogens is 1. The second-order valence-corrected chi connectivity index (χ2v) is 9.13. The van der Waals surface area contributed by atoms with Gasteiger partial charge in [-0.15, -0.1) is 11.3 Å². The molecule has 7 heteroatoms. The van der Waals surface area contributed by atoms with Crippen LogP contribution in [0.2, 0.25) is 0 Å². The molecule has 0 saturated heterocycles. The molecule has 23 heavy (non-hydrogen) atoms. The fourth-order valence-electron chi connectivity index (χ4n) is 3.14. The van der Waals surface area contributed by atoms with E-state index in [1.165, 1.54) is 23.4 Å². The zero-order valence-electron chi connectivity index (χ0n) is 13.1. The maximum absolute atomic E-state index is 12.0. The molecule has 0 unspecified atom stereocenters. The molecule has 1 aromatic heterocycles. The number of hydrogen-bond donors (Lipinski definition) is 1. The molecule has 1 atom stereocenters. The zero-order chi connectivity index (χ0) is 16.2. The molecule has 2 heterocycles. The van der Waals surface area contributed by atoms with Crippen LogP contribution in [-0.2, 0) is 16.4 Å². The van der Waals surface area contributed by atoms with Gasteiger partial charge in [0.1, 0.15) is 0 Å². The predicted octanol–water partition coefficient (Wildman–Crippen LogP) is 3.10. The molecule has 1 N–H and O–H groups in total. The van der Waals surface area contributed by atoms with Crippen molar-refractivity contribution in [2.45, 2.75) is 38.3 Å². The maximum atomic E-state index is 12.0. The summed E-state index contributed by atoms with van der Waals surface area (Å²) >= 11 is 1.62. The fraction of sp³-hybridized carbons (Fsp3) is 0.438. The van der Waals surface area contributed by atoms with Crippen molar-refractivity contribution in [2.75, 3.05) is 15.9 Å². The molecule has 1 saturated carbocycles. The molecule has 5 nitrogen and oxygen atoms in total. The molecule has 1 aliphatic carbocycles. The van der Waals surface area contributed by atoms with Gasteiger partial charge in [-0.3, -0.25) is 4.31 Å². The first-order valence-corrected chi connectivity index (χ1v) is 10.5. The molecule has 0 spiro atoms. The van der Waals surface area contributed by atoms with Crippen molar-refractivity contribution < 1.29 is 8.42 Å². The molecule has 0 amide bonds. The summed E-state index contributed by atoms with van der Waals surface area (Å²) in [6.45, 7) is 1.95. The smallest absolute Gasteiger partial charge is 0.232 e. The first-order chi connectivity index (χ1) is 10.9. The lowest BCUT2D eigenvalue weighted by Crippen LogP contribution is -2.34. The molecule has 0 radical (unpaired) electrons. The van der Waals surface area contributed by atoms with Gasteiger partial charge in [-0.25, -0.2) is 13.4 Å². The van der Waals surface area contributed by atoms with Gasteiger partial charge in [0.15, 0.2) is 5.13 Å². The summed E-state index contributed by atoms with van der Waals surface area (Å²) in [5, 5.41) is 6.43. The highest BCUT2D eigenvalue weighted by molar-refractivity contribution is 7.92. The third kappa shape index (κ3) is 2.83. The van der Waals surface area contributed by atoms with Crippen LogP contribution in [0.4, 0.5) is 10.8 Å². The second kappa shape index (κ2) is 5.21. The van der Waals surface area contributed by atoms with E-state index in [0.29, 0.717) is 6.04 Å².